The zero-order chi connectivity index (χ0) is 27.1. The van der Waals surface area contributed by atoms with E-state index in [4.69, 9.17) is 27.9 Å². The Morgan fingerprint density at radius 1 is 1.03 bits per heavy atom. The largest absolute Gasteiger partial charge is 0.492 e. The third-order valence-electron chi connectivity index (χ3n) is 6.63. The predicted molar refractivity (Wildman–Crippen MR) is 158 cm³/mol. The third-order valence-corrected chi connectivity index (χ3v) is 7.24. The van der Waals surface area contributed by atoms with Gasteiger partial charge in [0.2, 0.25) is 0 Å². The lowest BCUT2D eigenvalue weighted by atomic mass is 9.88. The maximum atomic E-state index is 14.5. The summed E-state index contributed by atoms with van der Waals surface area (Å²) in [5, 5.41) is 3.82. The van der Waals surface area contributed by atoms with Gasteiger partial charge in [-0.1, -0.05) is 72.3 Å². The molecule has 3 aromatic rings. The van der Waals surface area contributed by atoms with Crippen molar-refractivity contribution >= 4 is 34.3 Å². The van der Waals surface area contributed by atoms with Gasteiger partial charge >= 0.3 is 0 Å². The summed E-state index contributed by atoms with van der Waals surface area (Å²) in [6.07, 6.45) is 6.72. The minimum absolute atomic E-state index is 0.0287. The van der Waals surface area contributed by atoms with E-state index < -0.39 is 5.82 Å². The molecule has 0 amide bonds. The Morgan fingerprint density at radius 2 is 1.79 bits per heavy atom. The van der Waals surface area contributed by atoms with Crippen LogP contribution >= 0.6 is 23.2 Å². The van der Waals surface area contributed by atoms with Crippen molar-refractivity contribution in [1.82, 2.24) is 10.2 Å². The van der Waals surface area contributed by atoms with E-state index in [-0.39, 0.29) is 5.02 Å². The molecule has 0 heterocycles. The van der Waals surface area contributed by atoms with Gasteiger partial charge in [-0.15, -0.1) is 0 Å². The molecular formula is C32H33Cl2FN2O. The summed E-state index contributed by atoms with van der Waals surface area (Å²) in [6, 6.07) is 19.5. The highest BCUT2D eigenvalue weighted by Gasteiger charge is 2.22. The second-order valence-corrected chi connectivity index (χ2v) is 10.3. The quantitative estimate of drug-likeness (QED) is 0.157. The van der Waals surface area contributed by atoms with Gasteiger partial charge < -0.3 is 15.0 Å². The van der Waals surface area contributed by atoms with Crippen LogP contribution in [0.4, 0.5) is 4.39 Å². The summed E-state index contributed by atoms with van der Waals surface area (Å²) in [4.78, 5) is 1.97. The van der Waals surface area contributed by atoms with Crippen LogP contribution in [0, 0.1) is 5.82 Å². The van der Waals surface area contributed by atoms with Crippen molar-refractivity contribution in [3.05, 3.63) is 123 Å². The fourth-order valence-electron chi connectivity index (χ4n) is 4.57. The SMILES string of the molecule is C=C(/C=C/CNCCOc1ccc(C2=C(c3cc(F)c(Cl)cc3Cl)CCCc3ccccc32)cc1)N(C)C. The van der Waals surface area contributed by atoms with E-state index >= 15 is 0 Å². The van der Waals surface area contributed by atoms with Gasteiger partial charge in [-0.25, -0.2) is 4.39 Å². The lowest BCUT2D eigenvalue weighted by Gasteiger charge is -2.18. The van der Waals surface area contributed by atoms with Crippen LogP contribution in [-0.4, -0.2) is 38.7 Å². The number of fused-ring (bicyclic) bond motifs is 1. The van der Waals surface area contributed by atoms with Crippen molar-refractivity contribution in [3.8, 4) is 5.75 Å². The average Bonchev–Trinajstić information content (AvgIpc) is 3.10. The first-order valence-corrected chi connectivity index (χ1v) is 13.5. The Balaban J connectivity index is 1.54. The maximum absolute atomic E-state index is 14.5. The molecule has 1 N–H and O–H groups in total. The summed E-state index contributed by atoms with van der Waals surface area (Å²) in [5.41, 5.74) is 7.21. The number of nitrogens with one attached hydrogen (secondary N) is 1. The topological polar surface area (TPSA) is 24.5 Å². The molecule has 0 spiro atoms. The number of likely N-dealkylation sites (N-methyl/N-ethyl adjacent to an activating group) is 1. The van der Waals surface area contributed by atoms with E-state index in [2.05, 4.69) is 42.2 Å². The molecule has 3 nitrogen and oxygen atoms in total. The summed E-state index contributed by atoms with van der Waals surface area (Å²) < 4.78 is 20.5. The van der Waals surface area contributed by atoms with E-state index in [1.54, 1.807) is 0 Å². The van der Waals surface area contributed by atoms with Crippen LogP contribution in [0.1, 0.15) is 35.1 Å². The van der Waals surface area contributed by atoms with Crippen molar-refractivity contribution in [1.29, 1.82) is 0 Å². The molecular weight excluding hydrogens is 518 g/mol. The molecule has 0 aromatic heterocycles. The van der Waals surface area contributed by atoms with Crippen LogP contribution < -0.4 is 10.1 Å². The van der Waals surface area contributed by atoms with Crippen molar-refractivity contribution in [3.63, 3.8) is 0 Å². The van der Waals surface area contributed by atoms with Crippen LogP contribution in [-0.2, 0) is 6.42 Å². The van der Waals surface area contributed by atoms with Gasteiger partial charge in [0.1, 0.15) is 18.2 Å². The number of hydrogen-bond donors (Lipinski definition) is 1. The Labute approximate surface area is 235 Å². The number of hydrogen-bond acceptors (Lipinski definition) is 3. The molecule has 1 aliphatic rings. The number of aryl methyl sites for hydroxylation is 1. The number of ether oxygens (including phenoxy) is 1. The maximum Gasteiger partial charge on any atom is 0.142 e. The Hall–Kier alpha value is -3.05. The highest BCUT2D eigenvalue weighted by molar-refractivity contribution is 6.36. The normalized spacial score (nSPS) is 13.4. The van der Waals surface area contributed by atoms with Crippen molar-refractivity contribution in [2.75, 3.05) is 33.8 Å². The van der Waals surface area contributed by atoms with E-state index in [1.807, 2.05) is 49.3 Å². The van der Waals surface area contributed by atoms with Crippen molar-refractivity contribution in [2.24, 2.45) is 0 Å². The van der Waals surface area contributed by atoms with Gasteiger partial charge in [-0.05, 0) is 83.0 Å². The van der Waals surface area contributed by atoms with Crippen LogP contribution in [0.2, 0.25) is 10.0 Å². The Kier molecular flexibility index (Phi) is 9.68. The lowest BCUT2D eigenvalue weighted by molar-refractivity contribution is 0.316. The molecule has 38 heavy (non-hydrogen) atoms. The average molecular weight is 552 g/mol. The Morgan fingerprint density at radius 3 is 2.55 bits per heavy atom. The van der Waals surface area contributed by atoms with Gasteiger partial charge in [0.05, 0.1) is 5.02 Å². The van der Waals surface area contributed by atoms with E-state index in [0.717, 1.165) is 66.1 Å². The summed E-state index contributed by atoms with van der Waals surface area (Å²) in [7, 11) is 3.94. The van der Waals surface area contributed by atoms with E-state index in [0.29, 0.717) is 17.2 Å². The molecule has 6 heteroatoms. The predicted octanol–water partition coefficient (Wildman–Crippen LogP) is 8.03. The van der Waals surface area contributed by atoms with E-state index in [1.165, 1.54) is 17.7 Å². The molecule has 0 unspecified atom stereocenters. The van der Waals surface area contributed by atoms with Crippen molar-refractivity contribution in [2.45, 2.75) is 19.3 Å². The van der Waals surface area contributed by atoms with Crippen LogP contribution in [0.5, 0.6) is 5.75 Å². The third kappa shape index (κ3) is 6.87. The molecule has 0 saturated heterocycles. The first kappa shape index (κ1) is 28.0. The fourth-order valence-corrected chi connectivity index (χ4v) is 5.06. The minimum Gasteiger partial charge on any atom is -0.492 e. The highest BCUT2D eigenvalue weighted by atomic mass is 35.5. The van der Waals surface area contributed by atoms with Crippen molar-refractivity contribution < 1.29 is 9.13 Å². The zero-order valence-electron chi connectivity index (χ0n) is 21.9. The summed E-state index contributed by atoms with van der Waals surface area (Å²) >= 11 is 12.6. The Bertz CT molecular complexity index is 1350. The first-order valence-electron chi connectivity index (χ1n) is 12.8. The number of benzene rings is 3. The lowest BCUT2D eigenvalue weighted by Crippen LogP contribution is -2.21. The molecule has 3 aromatic carbocycles. The number of nitrogens with zero attached hydrogens (tertiary/aromatic N) is 1. The van der Waals surface area contributed by atoms with Crippen LogP contribution in [0.3, 0.4) is 0 Å². The molecule has 1 aliphatic carbocycles. The monoisotopic (exact) mass is 550 g/mol. The number of rotatable bonds is 10. The standard InChI is InChI=1S/C32H33Cl2FN2O/c1-22(37(2)3)8-7-17-36-18-19-38-25-15-13-24(14-16-25)32-26-11-5-4-9-23(26)10-6-12-27(32)28-20-31(35)30(34)21-29(28)33/h4-5,7-9,11,13-16,20-21,36H,1,6,10,12,17-19H2,2-3H3/b8-7+. The van der Waals surface area contributed by atoms with Gasteiger partial charge in [-0.3, -0.25) is 0 Å². The molecule has 4 rings (SSSR count). The minimum atomic E-state index is -0.467. The fraction of sp³-hybridized carbons (Fsp3) is 0.250. The second kappa shape index (κ2) is 13.1. The van der Waals surface area contributed by atoms with Crippen LogP contribution in [0.15, 0.2) is 85.1 Å². The molecule has 0 aliphatic heterocycles. The van der Waals surface area contributed by atoms with E-state index in [9.17, 15) is 4.39 Å². The summed E-state index contributed by atoms with van der Waals surface area (Å²) in [6.45, 7) is 6.00. The first-order chi connectivity index (χ1) is 18.3. The molecule has 0 atom stereocenters. The van der Waals surface area contributed by atoms with Gasteiger partial charge in [0.15, 0.2) is 0 Å². The zero-order valence-corrected chi connectivity index (χ0v) is 23.4. The molecule has 198 valence electrons. The van der Waals surface area contributed by atoms with Gasteiger partial charge in [0.25, 0.3) is 0 Å². The van der Waals surface area contributed by atoms with Gasteiger partial charge in [-0.2, -0.15) is 0 Å². The number of allylic oxidation sites excluding steroid dienone is 2. The summed E-state index contributed by atoms with van der Waals surface area (Å²) in [5.74, 6) is 0.331. The highest BCUT2D eigenvalue weighted by Crippen LogP contribution is 2.42. The molecule has 0 bridgehead atoms. The van der Waals surface area contributed by atoms with Crippen LogP contribution in [0.25, 0.3) is 11.1 Å². The number of halogens is 3. The molecule has 0 saturated carbocycles. The van der Waals surface area contributed by atoms with Gasteiger partial charge in [0, 0.05) is 37.9 Å². The smallest absolute Gasteiger partial charge is 0.142 e. The molecule has 0 fully saturated rings. The molecule has 0 radical (unpaired) electrons. The second-order valence-electron chi connectivity index (χ2n) is 9.48.